The van der Waals surface area contributed by atoms with Gasteiger partial charge in [0.1, 0.15) is 0 Å². The number of aryl methyl sites for hydroxylation is 2. The zero-order chi connectivity index (χ0) is 13.4. The molecule has 0 unspecified atom stereocenters. The number of carbonyl (C=O) groups is 1. The summed E-state index contributed by atoms with van der Waals surface area (Å²) in [5.74, 6) is 0.0453. The molecule has 19 heavy (non-hydrogen) atoms. The van der Waals surface area contributed by atoms with Crippen LogP contribution in [0.25, 0.3) is 4.96 Å². The Balaban J connectivity index is 1.88. The van der Waals surface area contributed by atoms with Gasteiger partial charge in [0.25, 0.3) is 11.9 Å². The van der Waals surface area contributed by atoms with Crippen LogP contribution in [0, 0.1) is 13.8 Å². The summed E-state index contributed by atoms with van der Waals surface area (Å²) in [4.78, 5) is 22.0. The molecule has 3 aromatic heterocycles. The molecule has 3 heterocycles. The molecular weight excluding hydrogens is 262 g/mol. The number of hydrogen-bond acceptors (Lipinski definition) is 5. The van der Waals surface area contributed by atoms with Crippen molar-refractivity contribution < 1.29 is 4.79 Å². The minimum atomic E-state index is -0.263. The van der Waals surface area contributed by atoms with E-state index < -0.39 is 0 Å². The third kappa shape index (κ3) is 2.08. The molecular formula is C12H11N5OS. The molecule has 3 rings (SSSR count). The summed E-state index contributed by atoms with van der Waals surface area (Å²) in [6.45, 7) is 3.99. The van der Waals surface area contributed by atoms with Gasteiger partial charge in [-0.05, 0) is 26.0 Å². The van der Waals surface area contributed by atoms with Gasteiger partial charge in [0, 0.05) is 17.3 Å². The van der Waals surface area contributed by atoms with Crippen molar-refractivity contribution in [2.24, 2.45) is 0 Å². The molecule has 0 saturated carbocycles. The SMILES string of the molecule is Cc1sc2nc(NC(=O)c3cccnc3)nn2c1C. The number of nitrogens with one attached hydrogen (secondary N) is 1. The molecule has 0 atom stereocenters. The Hall–Kier alpha value is -2.28. The number of thiazole rings is 1. The van der Waals surface area contributed by atoms with Crippen LogP contribution < -0.4 is 5.32 Å². The normalized spacial score (nSPS) is 10.8. The minimum absolute atomic E-state index is 0.263. The van der Waals surface area contributed by atoms with Gasteiger partial charge < -0.3 is 0 Å². The fraction of sp³-hybridized carbons (Fsp3) is 0.167. The largest absolute Gasteiger partial charge is 0.289 e. The number of rotatable bonds is 2. The zero-order valence-electron chi connectivity index (χ0n) is 10.4. The first-order valence-electron chi connectivity index (χ1n) is 5.69. The Kier molecular flexibility index (Phi) is 2.75. The highest BCUT2D eigenvalue weighted by molar-refractivity contribution is 7.17. The van der Waals surface area contributed by atoms with Gasteiger partial charge in [-0.2, -0.15) is 4.98 Å². The van der Waals surface area contributed by atoms with Gasteiger partial charge in [0.05, 0.1) is 11.3 Å². The minimum Gasteiger partial charge on any atom is -0.289 e. The van der Waals surface area contributed by atoms with E-state index in [1.54, 1.807) is 34.2 Å². The maximum absolute atomic E-state index is 11.9. The fourth-order valence-corrected chi connectivity index (χ4v) is 2.57. The molecule has 0 radical (unpaired) electrons. The van der Waals surface area contributed by atoms with Crippen molar-refractivity contribution in [3.05, 3.63) is 40.7 Å². The molecule has 0 aliphatic rings. The van der Waals surface area contributed by atoms with Crippen molar-refractivity contribution in [3.8, 4) is 0 Å². The number of anilines is 1. The summed E-state index contributed by atoms with van der Waals surface area (Å²) in [5.41, 5.74) is 1.52. The van der Waals surface area contributed by atoms with Crippen LogP contribution in [-0.2, 0) is 0 Å². The van der Waals surface area contributed by atoms with Gasteiger partial charge in [-0.25, -0.2) is 4.52 Å². The number of hydrogen-bond donors (Lipinski definition) is 1. The Labute approximate surface area is 113 Å². The van der Waals surface area contributed by atoms with Crippen LogP contribution in [0.1, 0.15) is 20.9 Å². The van der Waals surface area contributed by atoms with Crippen LogP contribution in [0.4, 0.5) is 5.95 Å². The van der Waals surface area contributed by atoms with Crippen LogP contribution >= 0.6 is 11.3 Å². The molecule has 96 valence electrons. The van der Waals surface area contributed by atoms with E-state index >= 15 is 0 Å². The highest BCUT2D eigenvalue weighted by Gasteiger charge is 2.13. The van der Waals surface area contributed by atoms with E-state index in [9.17, 15) is 4.79 Å². The average Bonchev–Trinajstić information content (AvgIpc) is 2.91. The van der Waals surface area contributed by atoms with Crippen molar-refractivity contribution in [2.75, 3.05) is 5.32 Å². The first-order valence-corrected chi connectivity index (χ1v) is 6.51. The van der Waals surface area contributed by atoms with Gasteiger partial charge in [0.15, 0.2) is 0 Å². The number of fused-ring (bicyclic) bond motifs is 1. The molecule has 1 amide bonds. The second kappa shape index (κ2) is 4.43. The standard InChI is InChI=1S/C12H11N5OS/c1-7-8(2)19-12-15-11(16-17(7)12)14-10(18)9-4-3-5-13-6-9/h3-6H,1-2H3,(H,14,16,18). The number of carbonyl (C=O) groups excluding carboxylic acids is 1. The molecule has 0 aliphatic heterocycles. The predicted molar refractivity (Wildman–Crippen MR) is 72.5 cm³/mol. The first-order chi connectivity index (χ1) is 9.15. The Bertz CT molecular complexity index is 746. The molecule has 0 bridgehead atoms. The van der Waals surface area contributed by atoms with E-state index in [4.69, 9.17) is 0 Å². The molecule has 6 nitrogen and oxygen atoms in total. The van der Waals surface area contributed by atoms with Crippen LogP contribution in [-0.4, -0.2) is 25.5 Å². The topological polar surface area (TPSA) is 72.2 Å². The molecule has 0 saturated heterocycles. The fourth-order valence-electron chi connectivity index (χ4n) is 1.67. The summed E-state index contributed by atoms with van der Waals surface area (Å²) < 4.78 is 1.73. The van der Waals surface area contributed by atoms with Crippen molar-refractivity contribution >= 4 is 28.2 Å². The van der Waals surface area contributed by atoms with E-state index in [-0.39, 0.29) is 5.91 Å². The van der Waals surface area contributed by atoms with Gasteiger partial charge >= 0.3 is 0 Å². The van der Waals surface area contributed by atoms with Gasteiger partial charge in [-0.3, -0.25) is 15.1 Å². The lowest BCUT2D eigenvalue weighted by Gasteiger charge is -1.99. The summed E-state index contributed by atoms with van der Waals surface area (Å²) in [6, 6.07) is 3.40. The van der Waals surface area contributed by atoms with Gasteiger partial charge in [-0.1, -0.05) is 11.3 Å². The van der Waals surface area contributed by atoms with E-state index in [0.29, 0.717) is 11.5 Å². The van der Waals surface area contributed by atoms with Crippen LogP contribution in [0.3, 0.4) is 0 Å². The van der Waals surface area contributed by atoms with Crippen LogP contribution in [0.2, 0.25) is 0 Å². The Morgan fingerprint density at radius 3 is 2.95 bits per heavy atom. The van der Waals surface area contributed by atoms with Gasteiger partial charge in [0.2, 0.25) is 4.96 Å². The number of aromatic nitrogens is 4. The second-order valence-corrected chi connectivity index (χ2v) is 5.25. The molecule has 7 heteroatoms. The van der Waals surface area contributed by atoms with Crippen LogP contribution in [0.15, 0.2) is 24.5 Å². The Morgan fingerprint density at radius 1 is 1.42 bits per heavy atom. The lowest BCUT2D eigenvalue weighted by Crippen LogP contribution is -2.13. The van der Waals surface area contributed by atoms with E-state index in [1.165, 1.54) is 11.1 Å². The lowest BCUT2D eigenvalue weighted by atomic mass is 10.3. The van der Waals surface area contributed by atoms with Gasteiger partial charge in [-0.15, -0.1) is 5.10 Å². The van der Waals surface area contributed by atoms with Crippen molar-refractivity contribution in [1.29, 1.82) is 0 Å². The molecule has 0 aromatic carbocycles. The smallest absolute Gasteiger partial charge is 0.259 e. The summed E-state index contributed by atoms with van der Waals surface area (Å²) in [6.07, 6.45) is 3.12. The monoisotopic (exact) mass is 273 g/mol. The third-order valence-electron chi connectivity index (χ3n) is 2.80. The number of amides is 1. The van der Waals surface area contributed by atoms with Crippen molar-refractivity contribution in [2.45, 2.75) is 13.8 Å². The highest BCUT2D eigenvalue weighted by atomic mass is 32.1. The molecule has 0 spiro atoms. The lowest BCUT2D eigenvalue weighted by molar-refractivity contribution is 0.102. The van der Waals surface area contributed by atoms with Crippen molar-refractivity contribution in [1.82, 2.24) is 19.6 Å². The van der Waals surface area contributed by atoms with Crippen LogP contribution in [0.5, 0.6) is 0 Å². The third-order valence-corrected chi connectivity index (χ3v) is 3.85. The zero-order valence-corrected chi connectivity index (χ0v) is 11.2. The second-order valence-electron chi connectivity index (χ2n) is 4.07. The summed E-state index contributed by atoms with van der Waals surface area (Å²) in [5, 5.41) is 6.93. The van der Waals surface area contributed by atoms with E-state index in [1.807, 2.05) is 13.8 Å². The summed E-state index contributed by atoms with van der Waals surface area (Å²) in [7, 11) is 0. The predicted octanol–water partition coefficient (Wildman–Crippen LogP) is 2.05. The van der Waals surface area contributed by atoms with E-state index in [0.717, 1.165) is 10.7 Å². The molecule has 3 aromatic rings. The average molecular weight is 273 g/mol. The summed E-state index contributed by atoms with van der Waals surface area (Å²) >= 11 is 1.55. The molecule has 0 aliphatic carbocycles. The molecule has 1 N–H and O–H groups in total. The maximum atomic E-state index is 11.9. The highest BCUT2D eigenvalue weighted by Crippen LogP contribution is 2.21. The number of pyridine rings is 1. The number of nitrogens with zero attached hydrogens (tertiary/aromatic N) is 4. The maximum Gasteiger partial charge on any atom is 0.259 e. The Morgan fingerprint density at radius 2 is 2.26 bits per heavy atom. The van der Waals surface area contributed by atoms with E-state index in [2.05, 4.69) is 20.4 Å². The quantitative estimate of drug-likeness (QED) is 0.775. The molecule has 0 fully saturated rings. The van der Waals surface area contributed by atoms with Crippen molar-refractivity contribution in [3.63, 3.8) is 0 Å². The first kappa shape index (κ1) is 11.8.